The molecule has 2 aromatic carbocycles. The molecule has 0 aliphatic carbocycles. The molecule has 2 aromatic rings. The summed E-state index contributed by atoms with van der Waals surface area (Å²) in [7, 11) is 0. The number of benzene rings is 2. The molecule has 26 heavy (non-hydrogen) atoms. The number of Topliss-reactive ketones (excluding diaryl/α,β-unsaturated/α-hetero) is 1. The molecule has 2 aliphatic heterocycles. The third-order valence-corrected chi connectivity index (χ3v) is 5.46. The van der Waals surface area contributed by atoms with Crippen LogP contribution in [0.25, 0.3) is 0 Å². The molecule has 2 heterocycles. The Labute approximate surface area is 154 Å². The Balaban J connectivity index is 1.61. The summed E-state index contributed by atoms with van der Waals surface area (Å²) in [6, 6.07) is 16.8. The van der Waals surface area contributed by atoms with Crippen molar-refractivity contribution in [2.24, 2.45) is 0 Å². The van der Waals surface area contributed by atoms with Crippen molar-refractivity contribution in [2.45, 2.75) is 31.7 Å². The number of nitrogens with zero attached hydrogens (tertiary/aromatic N) is 2. The molecule has 0 aromatic heterocycles. The molecule has 134 valence electrons. The van der Waals surface area contributed by atoms with Gasteiger partial charge in [-0.2, -0.15) is 0 Å². The summed E-state index contributed by atoms with van der Waals surface area (Å²) in [5.74, 6) is 0.0365. The first kappa shape index (κ1) is 16.8. The molecule has 2 saturated heterocycles. The van der Waals surface area contributed by atoms with Crippen molar-refractivity contribution >= 4 is 17.4 Å². The molecule has 4 nitrogen and oxygen atoms in total. The number of hydrogen-bond donors (Lipinski definition) is 0. The van der Waals surface area contributed by atoms with Gasteiger partial charge in [-0.25, -0.2) is 0 Å². The predicted molar refractivity (Wildman–Crippen MR) is 103 cm³/mol. The van der Waals surface area contributed by atoms with Crippen molar-refractivity contribution in [3.8, 4) is 0 Å². The number of amides is 1. The Morgan fingerprint density at radius 2 is 1.50 bits per heavy atom. The number of likely N-dealkylation sites (tertiary alicyclic amines) is 1. The van der Waals surface area contributed by atoms with Crippen LogP contribution in [0.4, 0.5) is 5.69 Å². The number of para-hydroxylation sites is 1. The Morgan fingerprint density at radius 3 is 2.27 bits per heavy atom. The van der Waals surface area contributed by atoms with Gasteiger partial charge in [0.2, 0.25) is 0 Å². The summed E-state index contributed by atoms with van der Waals surface area (Å²) >= 11 is 0. The van der Waals surface area contributed by atoms with Crippen molar-refractivity contribution in [3.05, 3.63) is 65.7 Å². The van der Waals surface area contributed by atoms with Gasteiger partial charge >= 0.3 is 0 Å². The number of carbonyl (C=O) groups is 2. The topological polar surface area (TPSA) is 40.6 Å². The van der Waals surface area contributed by atoms with E-state index in [1.165, 1.54) is 12.8 Å². The second kappa shape index (κ2) is 7.32. The van der Waals surface area contributed by atoms with Gasteiger partial charge in [0, 0.05) is 30.9 Å². The lowest BCUT2D eigenvalue weighted by Gasteiger charge is -2.27. The van der Waals surface area contributed by atoms with E-state index >= 15 is 0 Å². The zero-order valence-corrected chi connectivity index (χ0v) is 14.9. The predicted octanol–water partition coefficient (Wildman–Crippen LogP) is 3.77. The van der Waals surface area contributed by atoms with Gasteiger partial charge in [-0.1, -0.05) is 42.5 Å². The van der Waals surface area contributed by atoms with Gasteiger partial charge in [0.15, 0.2) is 5.78 Å². The molecular weight excluding hydrogens is 324 g/mol. The number of carbonyl (C=O) groups excluding carboxylic acids is 2. The molecule has 0 saturated carbocycles. The quantitative estimate of drug-likeness (QED) is 0.790. The molecule has 4 rings (SSSR count). The lowest BCUT2D eigenvalue weighted by molar-refractivity contribution is 0.0672. The fraction of sp³-hybridized carbons (Fsp3) is 0.364. The minimum Gasteiger partial charge on any atom is -0.371 e. The highest BCUT2D eigenvalue weighted by Gasteiger charge is 2.36. The van der Waals surface area contributed by atoms with E-state index in [-0.39, 0.29) is 17.7 Å². The molecular formula is C22H24N2O2. The standard InChI is InChI=1S/C22H24N2O2/c25-21(17-9-2-1-3-10-17)20-13-8-16-24(20)22(26)18-11-4-5-12-19(18)23-14-6-7-15-23/h1-5,9-12,20H,6-8,13-16H2. The SMILES string of the molecule is O=C(c1ccccc1)C1CCCN1C(=O)c1ccccc1N1CCCC1. The summed E-state index contributed by atoms with van der Waals surface area (Å²) < 4.78 is 0. The van der Waals surface area contributed by atoms with Gasteiger partial charge in [0.25, 0.3) is 5.91 Å². The summed E-state index contributed by atoms with van der Waals surface area (Å²) in [6.45, 7) is 2.64. The Morgan fingerprint density at radius 1 is 0.808 bits per heavy atom. The van der Waals surface area contributed by atoms with Gasteiger partial charge in [-0.3, -0.25) is 9.59 Å². The highest BCUT2D eigenvalue weighted by Crippen LogP contribution is 2.29. The van der Waals surface area contributed by atoms with Crippen LogP contribution < -0.4 is 4.90 Å². The first-order valence-corrected chi connectivity index (χ1v) is 9.50. The molecule has 1 amide bonds. The summed E-state index contributed by atoms with van der Waals surface area (Å²) in [5.41, 5.74) is 2.42. The van der Waals surface area contributed by atoms with E-state index in [0.29, 0.717) is 12.1 Å². The van der Waals surface area contributed by atoms with Gasteiger partial charge in [-0.05, 0) is 37.8 Å². The number of ketones is 1. The maximum Gasteiger partial charge on any atom is 0.256 e. The van der Waals surface area contributed by atoms with Crippen LogP contribution in [-0.2, 0) is 0 Å². The van der Waals surface area contributed by atoms with Crippen LogP contribution in [0, 0.1) is 0 Å². The van der Waals surface area contributed by atoms with Gasteiger partial charge in [0.05, 0.1) is 11.6 Å². The molecule has 0 N–H and O–H groups in total. The number of hydrogen-bond acceptors (Lipinski definition) is 3. The zero-order valence-electron chi connectivity index (χ0n) is 14.9. The molecule has 2 fully saturated rings. The minimum absolute atomic E-state index is 0.0146. The monoisotopic (exact) mass is 348 g/mol. The van der Waals surface area contributed by atoms with Crippen molar-refractivity contribution < 1.29 is 9.59 Å². The van der Waals surface area contributed by atoms with Gasteiger partial charge in [-0.15, -0.1) is 0 Å². The molecule has 4 heteroatoms. The van der Waals surface area contributed by atoms with E-state index in [9.17, 15) is 9.59 Å². The summed E-state index contributed by atoms with van der Waals surface area (Å²) in [6.07, 6.45) is 3.95. The third-order valence-electron chi connectivity index (χ3n) is 5.46. The van der Waals surface area contributed by atoms with E-state index in [1.54, 1.807) is 4.90 Å². The fourth-order valence-electron chi connectivity index (χ4n) is 4.12. The van der Waals surface area contributed by atoms with Crippen LogP contribution in [-0.4, -0.2) is 42.3 Å². The van der Waals surface area contributed by atoms with E-state index in [4.69, 9.17) is 0 Å². The van der Waals surface area contributed by atoms with Crippen molar-refractivity contribution in [1.29, 1.82) is 0 Å². The zero-order chi connectivity index (χ0) is 17.9. The largest absolute Gasteiger partial charge is 0.371 e. The van der Waals surface area contributed by atoms with Crippen LogP contribution in [0.15, 0.2) is 54.6 Å². The average Bonchev–Trinajstić information content (AvgIpc) is 3.39. The highest BCUT2D eigenvalue weighted by atomic mass is 16.2. The molecule has 1 unspecified atom stereocenters. The van der Waals surface area contributed by atoms with Crippen molar-refractivity contribution in [3.63, 3.8) is 0 Å². The van der Waals surface area contributed by atoms with Crippen LogP contribution in [0.1, 0.15) is 46.4 Å². The van der Waals surface area contributed by atoms with Gasteiger partial charge in [0.1, 0.15) is 0 Å². The Bertz CT molecular complexity index is 797. The van der Waals surface area contributed by atoms with E-state index in [0.717, 1.165) is 37.2 Å². The lowest BCUT2D eigenvalue weighted by atomic mass is 10.0. The Kier molecular flexibility index (Phi) is 4.74. The smallest absolute Gasteiger partial charge is 0.256 e. The van der Waals surface area contributed by atoms with Gasteiger partial charge < -0.3 is 9.80 Å². The van der Waals surface area contributed by atoms with E-state index in [1.807, 2.05) is 54.6 Å². The number of anilines is 1. The summed E-state index contributed by atoms with van der Waals surface area (Å²) in [4.78, 5) is 30.3. The molecule has 0 spiro atoms. The first-order chi connectivity index (χ1) is 12.8. The van der Waals surface area contributed by atoms with Crippen LogP contribution in [0.5, 0.6) is 0 Å². The van der Waals surface area contributed by atoms with Crippen LogP contribution >= 0.6 is 0 Å². The first-order valence-electron chi connectivity index (χ1n) is 9.50. The summed E-state index contributed by atoms with van der Waals surface area (Å²) in [5, 5.41) is 0. The normalized spacial score (nSPS) is 19.8. The maximum atomic E-state index is 13.3. The van der Waals surface area contributed by atoms with Crippen molar-refractivity contribution in [2.75, 3.05) is 24.5 Å². The average molecular weight is 348 g/mol. The van der Waals surface area contributed by atoms with E-state index in [2.05, 4.69) is 4.90 Å². The second-order valence-electron chi connectivity index (χ2n) is 7.10. The maximum absolute atomic E-state index is 13.3. The molecule has 0 bridgehead atoms. The third kappa shape index (κ3) is 3.12. The number of rotatable bonds is 4. The van der Waals surface area contributed by atoms with E-state index < -0.39 is 0 Å². The molecule has 0 radical (unpaired) electrons. The highest BCUT2D eigenvalue weighted by molar-refractivity contribution is 6.06. The Hall–Kier alpha value is -2.62. The van der Waals surface area contributed by atoms with Crippen LogP contribution in [0.3, 0.4) is 0 Å². The minimum atomic E-state index is -0.350. The fourth-order valence-corrected chi connectivity index (χ4v) is 4.12. The molecule has 1 atom stereocenters. The second-order valence-corrected chi connectivity index (χ2v) is 7.10. The lowest BCUT2D eigenvalue weighted by Crippen LogP contribution is -2.41. The molecule has 2 aliphatic rings. The van der Waals surface area contributed by atoms with Crippen molar-refractivity contribution in [1.82, 2.24) is 4.90 Å². The van der Waals surface area contributed by atoms with Crippen LogP contribution in [0.2, 0.25) is 0 Å².